The standard InChI is InChI=1S/C13H15N3O2S/c1-3-19(17,18)15-9-11-6-4-5-7-13(11)12-8-14-16(2)10-12/h3-8,10,15H,1,9H2,2H3. The van der Waals surface area contributed by atoms with Gasteiger partial charge in [-0.1, -0.05) is 30.8 Å². The van der Waals surface area contributed by atoms with Crippen molar-refractivity contribution in [2.75, 3.05) is 0 Å². The second-order valence-electron chi connectivity index (χ2n) is 4.09. The minimum atomic E-state index is -3.42. The van der Waals surface area contributed by atoms with E-state index in [0.29, 0.717) is 0 Å². The fourth-order valence-electron chi connectivity index (χ4n) is 1.75. The highest BCUT2D eigenvalue weighted by atomic mass is 32.2. The second-order valence-corrected chi connectivity index (χ2v) is 5.80. The van der Waals surface area contributed by atoms with E-state index in [1.54, 1.807) is 10.9 Å². The minimum absolute atomic E-state index is 0.222. The average molecular weight is 277 g/mol. The van der Waals surface area contributed by atoms with Gasteiger partial charge in [0, 0.05) is 30.8 Å². The highest BCUT2D eigenvalue weighted by molar-refractivity contribution is 7.92. The van der Waals surface area contributed by atoms with Crippen LogP contribution in [0.25, 0.3) is 11.1 Å². The normalized spacial score (nSPS) is 11.4. The van der Waals surface area contributed by atoms with Crippen molar-refractivity contribution in [2.45, 2.75) is 6.54 Å². The van der Waals surface area contributed by atoms with Gasteiger partial charge in [0.2, 0.25) is 10.0 Å². The highest BCUT2D eigenvalue weighted by Gasteiger charge is 2.09. The Balaban J connectivity index is 2.29. The van der Waals surface area contributed by atoms with Crippen molar-refractivity contribution in [1.82, 2.24) is 14.5 Å². The van der Waals surface area contributed by atoms with E-state index in [0.717, 1.165) is 22.1 Å². The number of hydrogen-bond acceptors (Lipinski definition) is 3. The highest BCUT2D eigenvalue weighted by Crippen LogP contribution is 2.22. The summed E-state index contributed by atoms with van der Waals surface area (Å²) in [7, 11) is -1.58. The first-order valence-electron chi connectivity index (χ1n) is 5.71. The van der Waals surface area contributed by atoms with Crippen LogP contribution in [0.15, 0.2) is 48.6 Å². The zero-order valence-corrected chi connectivity index (χ0v) is 11.4. The molecule has 0 saturated heterocycles. The molecule has 1 N–H and O–H groups in total. The third-order valence-electron chi connectivity index (χ3n) is 2.72. The predicted molar refractivity (Wildman–Crippen MR) is 74.6 cm³/mol. The second kappa shape index (κ2) is 5.38. The molecule has 0 aliphatic rings. The Morgan fingerprint density at radius 2 is 2.16 bits per heavy atom. The number of rotatable bonds is 5. The molecule has 0 bridgehead atoms. The number of hydrogen-bond donors (Lipinski definition) is 1. The molecule has 0 radical (unpaired) electrons. The van der Waals surface area contributed by atoms with Crippen LogP contribution in [0.3, 0.4) is 0 Å². The lowest BCUT2D eigenvalue weighted by Gasteiger charge is -2.08. The summed E-state index contributed by atoms with van der Waals surface area (Å²) in [6.07, 6.45) is 3.64. The maximum absolute atomic E-state index is 11.4. The molecule has 0 aliphatic carbocycles. The minimum Gasteiger partial charge on any atom is -0.275 e. The van der Waals surface area contributed by atoms with Crippen LogP contribution in [0.5, 0.6) is 0 Å². The van der Waals surface area contributed by atoms with E-state index in [1.165, 1.54) is 0 Å². The molecule has 2 aromatic rings. The van der Waals surface area contributed by atoms with Gasteiger partial charge < -0.3 is 0 Å². The molecule has 0 fully saturated rings. The van der Waals surface area contributed by atoms with Crippen molar-refractivity contribution in [3.8, 4) is 11.1 Å². The van der Waals surface area contributed by atoms with E-state index in [-0.39, 0.29) is 6.54 Å². The first-order valence-corrected chi connectivity index (χ1v) is 7.25. The van der Waals surface area contributed by atoms with E-state index in [4.69, 9.17) is 0 Å². The van der Waals surface area contributed by atoms with Crippen LogP contribution >= 0.6 is 0 Å². The van der Waals surface area contributed by atoms with Gasteiger partial charge in [0.05, 0.1) is 6.20 Å². The average Bonchev–Trinajstić information content (AvgIpc) is 2.83. The molecule has 0 aliphatic heterocycles. The molecule has 5 nitrogen and oxygen atoms in total. The number of benzene rings is 1. The molecule has 1 aromatic heterocycles. The molecule has 6 heteroatoms. The molecule has 0 spiro atoms. The van der Waals surface area contributed by atoms with E-state index in [9.17, 15) is 8.42 Å². The summed E-state index contributed by atoms with van der Waals surface area (Å²) in [5.74, 6) is 0. The zero-order chi connectivity index (χ0) is 13.9. The van der Waals surface area contributed by atoms with Gasteiger partial charge in [-0.15, -0.1) is 0 Å². The number of nitrogens with zero attached hydrogens (tertiary/aromatic N) is 2. The molecule has 19 heavy (non-hydrogen) atoms. The lowest BCUT2D eigenvalue weighted by Crippen LogP contribution is -2.20. The summed E-state index contributed by atoms with van der Waals surface area (Å²) in [6, 6.07) is 7.60. The van der Waals surface area contributed by atoms with Gasteiger partial charge in [0.1, 0.15) is 0 Å². The van der Waals surface area contributed by atoms with Crippen LogP contribution in [-0.4, -0.2) is 18.2 Å². The van der Waals surface area contributed by atoms with Crippen molar-refractivity contribution in [3.63, 3.8) is 0 Å². The number of nitrogens with one attached hydrogen (secondary N) is 1. The van der Waals surface area contributed by atoms with E-state index < -0.39 is 10.0 Å². The maximum Gasteiger partial charge on any atom is 0.233 e. The van der Waals surface area contributed by atoms with Crippen molar-refractivity contribution in [3.05, 3.63) is 54.2 Å². The quantitative estimate of drug-likeness (QED) is 0.903. The topological polar surface area (TPSA) is 64.0 Å². The summed E-state index contributed by atoms with van der Waals surface area (Å²) in [4.78, 5) is 0. The molecule has 0 atom stereocenters. The van der Waals surface area contributed by atoms with Crippen LogP contribution in [0.4, 0.5) is 0 Å². The van der Waals surface area contributed by atoms with Gasteiger partial charge in [-0.2, -0.15) is 5.10 Å². The Hall–Kier alpha value is -1.92. The summed E-state index contributed by atoms with van der Waals surface area (Å²) in [6.45, 7) is 3.49. The molecule has 100 valence electrons. The molecular formula is C13H15N3O2S. The van der Waals surface area contributed by atoms with Crippen LogP contribution < -0.4 is 4.72 Å². The van der Waals surface area contributed by atoms with Gasteiger partial charge in [0.25, 0.3) is 0 Å². The zero-order valence-electron chi connectivity index (χ0n) is 10.6. The molecule has 1 aromatic carbocycles. The monoisotopic (exact) mass is 277 g/mol. The van der Waals surface area contributed by atoms with Crippen molar-refractivity contribution < 1.29 is 8.42 Å². The van der Waals surface area contributed by atoms with Crippen LogP contribution in [0.2, 0.25) is 0 Å². The van der Waals surface area contributed by atoms with Crippen LogP contribution in [-0.2, 0) is 23.6 Å². The largest absolute Gasteiger partial charge is 0.275 e. The van der Waals surface area contributed by atoms with Gasteiger partial charge in [0.15, 0.2) is 0 Å². The third-order valence-corrected chi connectivity index (χ3v) is 3.70. The summed E-state index contributed by atoms with van der Waals surface area (Å²) >= 11 is 0. The van der Waals surface area contributed by atoms with Gasteiger partial charge in [-0.05, 0) is 11.1 Å². The molecule has 1 heterocycles. The van der Waals surface area contributed by atoms with Gasteiger partial charge >= 0.3 is 0 Å². The smallest absolute Gasteiger partial charge is 0.233 e. The Labute approximate surface area is 112 Å². The molecule has 0 unspecified atom stereocenters. The third kappa shape index (κ3) is 3.30. The lowest BCUT2D eigenvalue weighted by atomic mass is 10.0. The molecule has 2 rings (SSSR count). The predicted octanol–water partition coefficient (Wildman–Crippen LogP) is 1.65. The van der Waals surface area contributed by atoms with Gasteiger partial charge in [-0.25, -0.2) is 13.1 Å². The van der Waals surface area contributed by atoms with Crippen molar-refractivity contribution in [2.24, 2.45) is 7.05 Å². The van der Waals surface area contributed by atoms with Crippen LogP contribution in [0, 0.1) is 0 Å². The molecular weight excluding hydrogens is 262 g/mol. The number of aromatic nitrogens is 2. The number of aryl methyl sites for hydroxylation is 1. The first-order chi connectivity index (χ1) is 9.02. The van der Waals surface area contributed by atoms with E-state index in [1.807, 2.05) is 37.5 Å². The molecule has 0 amide bonds. The van der Waals surface area contributed by atoms with E-state index >= 15 is 0 Å². The Morgan fingerprint density at radius 1 is 1.42 bits per heavy atom. The number of sulfonamides is 1. The Kier molecular flexibility index (Phi) is 3.82. The fraction of sp³-hybridized carbons (Fsp3) is 0.154. The lowest BCUT2D eigenvalue weighted by molar-refractivity contribution is 0.591. The summed E-state index contributed by atoms with van der Waals surface area (Å²) in [5.41, 5.74) is 2.80. The maximum atomic E-state index is 11.4. The van der Waals surface area contributed by atoms with Crippen molar-refractivity contribution >= 4 is 10.0 Å². The Morgan fingerprint density at radius 3 is 2.79 bits per heavy atom. The van der Waals surface area contributed by atoms with Crippen molar-refractivity contribution in [1.29, 1.82) is 0 Å². The first kappa shape index (κ1) is 13.5. The summed E-state index contributed by atoms with van der Waals surface area (Å²) in [5, 5.41) is 5.02. The Bertz CT molecular complexity index is 689. The summed E-state index contributed by atoms with van der Waals surface area (Å²) < 4.78 is 26.9. The van der Waals surface area contributed by atoms with Crippen LogP contribution in [0.1, 0.15) is 5.56 Å². The van der Waals surface area contributed by atoms with Gasteiger partial charge in [-0.3, -0.25) is 4.68 Å². The van der Waals surface area contributed by atoms with E-state index in [2.05, 4.69) is 16.4 Å². The fourth-order valence-corrected chi connectivity index (χ4v) is 2.23. The molecule has 0 saturated carbocycles. The SMILES string of the molecule is C=CS(=O)(=O)NCc1ccccc1-c1cnn(C)c1.